The number of rotatable bonds is 5. The van der Waals surface area contributed by atoms with E-state index in [1.54, 1.807) is 0 Å². The van der Waals surface area contributed by atoms with Crippen molar-refractivity contribution < 1.29 is 9.53 Å². The van der Waals surface area contributed by atoms with Gasteiger partial charge in [-0.1, -0.05) is 0 Å². The Morgan fingerprint density at radius 2 is 2.25 bits per heavy atom. The Morgan fingerprint density at radius 3 is 2.75 bits per heavy atom. The van der Waals surface area contributed by atoms with E-state index >= 15 is 0 Å². The Balaban J connectivity index is 0.00000225. The molecule has 0 aromatic carbocycles. The van der Waals surface area contributed by atoms with Gasteiger partial charge in [0.25, 0.3) is 0 Å². The molecule has 2 N–H and O–H groups in total. The molecule has 1 heterocycles. The number of hydrogen-bond donors (Lipinski definition) is 1. The van der Waals surface area contributed by atoms with Crippen LogP contribution in [0, 0.1) is 5.92 Å². The van der Waals surface area contributed by atoms with E-state index in [0.717, 1.165) is 19.5 Å². The number of ether oxygens (including phenoxy) is 1. The third kappa shape index (κ3) is 5.14. The molecule has 1 aliphatic rings. The minimum absolute atomic E-state index is 0. The summed E-state index contributed by atoms with van der Waals surface area (Å²) in [6.45, 7) is 6.86. The van der Waals surface area contributed by atoms with Crippen molar-refractivity contribution >= 4 is 18.3 Å². The summed E-state index contributed by atoms with van der Waals surface area (Å²) >= 11 is 0. The summed E-state index contributed by atoms with van der Waals surface area (Å²) in [6, 6.07) is 0. The van der Waals surface area contributed by atoms with Crippen LogP contribution in [0.1, 0.15) is 26.7 Å². The lowest BCUT2D eigenvalue weighted by Crippen LogP contribution is -2.30. The Kier molecular flexibility index (Phi) is 7.72. The van der Waals surface area contributed by atoms with E-state index in [9.17, 15) is 4.79 Å². The molecule has 0 aromatic rings. The molecule has 4 nitrogen and oxygen atoms in total. The van der Waals surface area contributed by atoms with Crippen LogP contribution in [-0.4, -0.2) is 43.2 Å². The maximum atomic E-state index is 11.7. The van der Waals surface area contributed by atoms with E-state index in [0.29, 0.717) is 25.5 Å². The minimum Gasteiger partial charge on any atom is -0.378 e. The first-order chi connectivity index (χ1) is 7.13. The molecule has 1 saturated heterocycles. The van der Waals surface area contributed by atoms with Crippen LogP contribution in [0.4, 0.5) is 0 Å². The zero-order valence-electron chi connectivity index (χ0n) is 10.1. The van der Waals surface area contributed by atoms with Gasteiger partial charge in [0.2, 0.25) is 5.91 Å². The Bertz CT molecular complexity index is 212. The van der Waals surface area contributed by atoms with Crippen LogP contribution in [0.25, 0.3) is 0 Å². The van der Waals surface area contributed by atoms with Crippen molar-refractivity contribution in [1.29, 1.82) is 0 Å². The smallest absolute Gasteiger partial charge is 0.224 e. The maximum Gasteiger partial charge on any atom is 0.224 e. The fourth-order valence-corrected chi connectivity index (χ4v) is 1.79. The average molecular weight is 251 g/mol. The predicted octanol–water partition coefficient (Wildman–Crippen LogP) is 1.03. The van der Waals surface area contributed by atoms with Gasteiger partial charge >= 0.3 is 0 Å². The Morgan fingerprint density at radius 1 is 1.56 bits per heavy atom. The quantitative estimate of drug-likeness (QED) is 0.793. The predicted molar refractivity (Wildman–Crippen MR) is 66.7 cm³/mol. The van der Waals surface area contributed by atoms with E-state index in [1.165, 1.54) is 0 Å². The summed E-state index contributed by atoms with van der Waals surface area (Å²) in [4.78, 5) is 13.6. The monoisotopic (exact) mass is 250 g/mol. The van der Waals surface area contributed by atoms with E-state index in [1.807, 2.05) is 18.7 Å². The first kappa shape index (κ1) is 15.7. The molecule has 1 atom stereocenters. The lowest BCUT2D eigenvalue weighted by atomic mass is 10.1. The van der Waals surface area contributed by atoms with Crippen LogP contribution >= 0.6 is 12.4 Å². The molecule has 1 unspecified atom stereocenters. The summed E-state index contributed by atoms with van der Waals surface area (Å²) in [5.74, 6) is 0.701. The van der Waals surface area contributed by atoms with Crippen LogP contribution in [0.5, 0.6) is 0 Å². The van der Waals surface area contributed by atoms with Crippen LogP contribution in [-0.2, 0) is 9.53 Å². The van der Waals surface area contributed by atoms with Gasteiger partial charge in [0.05, 0.1) is 19.1 Å². The lowest BCUT2D eigenvalue weighted by molar-refractivity contribution is -0.131. The summed E-state index contributed by atoms with van der Waals surface area (Å²) in [7, 11) is 0. The van der Waals surface area contributed by atoms with Crippen molar-refractivity contribution in [2.75, 3.05) is 26.2 Å². The van der Waals surface area contributed by atoms with Gasteiger partial charge in [-0.15, -0.1) is 12.4 Å². The highest BCUT2D eigenvalue weighted by molar-refractivity contribution is 5.85. The van der Waals surface area contributed by atoms with Gasteiger partial charge in [0, 0.05) is 13.1 Å². The molecule has 1 rings (SSSR count). The lowest BCUT2D eigenvalue weighted by Gasteiger charge is -2.16. The first-order valence-electron chi connectivity index (χ1n) is 5.73. The average Bonchev–Trinajstić information content (AvgIpc) is 2.65. The molecule has 0 aromatic heterocycles. The Hall–Kier alpha value is -0.320. The first-order valence-corrected chi connectivity index (χ1v) is 5.73. The number of nitrogens with zero attached hydrogens (tertiary/aromatic N) is 1. The van der Waals surface area contributed by atoms with Crippen molar-refractivity contribution in [3.63, 3.8) is 0 Å². The zero-order chi connectivity index (χ0) is 11.3. The minimum atomic E-state index is 0. The highest BCUT2D eigenvalue weighted by Gasteiger charge is 2.24. The third-order valence-corrected chi connectivity index (χ3v) is 2.74. The molecule has 0 bridgehead atoms. The molecule has 0 saturated carbocycles. The van der Waals surface area contributed by atoms with Gasteiger partial charge in [-0.25, -0.2) is 0 Å². The van der Waals surface area contributed by atoms with Crippen LogP contribution in [0.3, 0.4) is 0 Å². The van der Waals surface area contributed by atoms with Gasteiger partial charge in [0.1, 0.15) is 0 Å². The van der Waals surface area contributed by atoms with Gasteiger partial charge in [-0.2, -0.15) is 0 Å². The summed E-state index contributed by atoms with van der Waals surface area (Å²) in [5, 5.41) is 0. The zero-order valence-corrected chi connectivity index (χ0v) is 11.0. The number of halogens is 1. The van der Waals surface area contributed by atoms with E-state index in [4.69, 9.17) is 10.5 Å². The molecular weight excluding hydrogens is 228 g/mol. The molecule has 0 aliphatic carbocycles. The second-order valence-electron chi connectivity index (χ2n) is 4.40. The summed E-state index contributed by atoms with van der Waals surface area (Å²) in [6.07, 6.45) is 1.75. The van der Waals surface area contributed by atoms with Gasteiger partial charge in [0.15, 0.2) is 0 Å². The van der Waals surface area contributed by atoms with Crippen LogP contribution in [0.15, 0.2) is 0 Å². The largest absolute Gasteiger partial charge is 0.378 e. The molecule has 16 heavy (non-hydrogen) atoms. The van der Waals surface area contributed by atoms with Crippen molar-refractivity contribution in [2.24, 2.45) is 11.7 Å². The van der Waals surface area contributed by atoms with Crippen molar-refractivity contribution in [3.8, 4) is 0 Å². The number of likely N-dealkylation sites (tertiary alicyclic amines) is 1. The van der Waals surface area contributed by atoms with Crippen molar-refractivity contribution in [3.05, 3.63) is 0 Å². The van der Waals surface area contributed by atoms with E-state index in [2.05, 4.69) is 0 Å². The second kappa shape index (κ2) is 7.87. The molecule has 1 aliphatic heterocycles. The van der Waals surface area contributed by atoms with E-state index in [-0.39, 0.29) is 24.4 Å². The maximum absolute atomic E-state index is 11.7. The molecule has 96 valence electrons. The normalized spacial score (nSPS) is 20.0. The van der Waals surface area contributed by atoms with Crippen LogP contribution < -0.4 is 5.73 Å². The number of carbonyl (C=O) groups excluding carboxylic acids is 1. The number of carbonyl (C=O) groups is 1. The highest BCUT2D eigenvalue weighted by atomic mass is 35.5. The Labute approximate surface area is 104 Å². The molecule has 1 fully saturated rings. The molecule has 1 amide bonds. The van der Waals surface area contributed by atoms with Crippen molar-refractivity contribution in [1.82, 2.24) is 4.90 Å². The number of nitrogens with two attached hydrogens (primary N) is 1. The van der Waals surface area contributed by atoms with Crippen LogP contribution in [0.2, 0.25) is 0 Å². The number of amides is 1. The number of hydrogen-bond acceptors (Lipinski definition) is 3. The standard InChI is InChI=1S/C11H22N2O2.ClH/c1-9(2)15-6-4-11(14)13-5-3-10(7-12)8-13;/h9-10H,3-8,12H2,1-2H3;1H. The van der Waals surface area contributed by atoms with Gasteiger partial charge in [-0.3, -0.25) is 4.79 Å². The molecule has 5 heteroatoms. The second-order valence-corrected chi connectivity index (χ2v) is 4.40. The molecule has 0 spiro atoms. The van der Waals surface area contributed by atoms with Gasteiger partial charge in [-0.05, 0) is 32.7 Å². The summed E-state index contributed by atoms with van der Waals surface area (Å²) < 4.78 is 5.35. The summed E-state index contributed by atoms with van der Waals surface area (Å²) in [5.41, 5.74) is 5.57. The molecular formula is C11H23ClN2O2. The fraction of sp³-hybridized carbons (Fsp3) is 0.909. The molecule has 0 radical (unpaired) electrons. The van der Waals surface area contributed by atoms with Crippen molar-refractivity contribution in [2.45, 2.75) is 32.8 Å². The van der Waals surface area contributed by atoms with Gasteiger partial charge < -0.3 is 15.4 Å². The fourth-order valence-electron chi connectivity index (χ4n) is 1.79. The van der Waals surface area contributed by atoms with E-state index < -0.39 is 0 Å². The SMILES string of the molecule is CC(C)OCCC(=O)N1CCC(CN)C1.Cl. The topological polar surface area (TPSA) is 55.6 Å². The highest BCUT2D eigenvalue weighted by Crippen LogP contribution is 2.15. The third-order valence-electron chi connectivity index (χ3n) is 2.74.